The van der Waals surface area contributed by atoms with E-state index >= 15 is 0 Å². The molecule has 0 saturated heterocycles. The van der Waals surface area contributed by atoms with Gasteiger partial charge in [-0.25, -0.2) is 4.98 Å². The highest BCUT2D eigenvalue weighted by molar-refractivity contribution is 7.22. The second-order valence-corrected chi connectivity index (χ2v) is 4.30. The molecule has 0 atom stereocenters. The highest BCUT2D eigenvalue weighted by Crippen LogP contribution is 2.24. The number of nitrogens with one attached hydrogen (secondary N) is 2. The lowest BCUT2D eigenvalue weighted by Gasteiger charge is -2.01. The van der Waals surface area contributed by atoms with Gasteiger partial charge in [-0.15, -0.1) is 0 Å². The van der Waals surface area contributed by atoms with Gasteiger partial charge in [0.2, 0.25) is 0 Å². The van der Waals surface area contributed by atoms with E-state index in [0.717, 1.165) is 30.3 Å². The average Bonchev–Trinajstić information content (AvgIpc) is 2.67. The molecule has 80 valence electrons. The van der Waals surface area contributed by atoms with Crippen molar-refractivity contribution in [2.24, 2.45) is 0 Å². The lowest BCUT2D eigenvalue weighted by Crippen LogP contribution is -2.21. The minimum Gasteiger partial charge on any atom is -0.360 e. The zero-order valence-corrected chi connectivity index (χ0v) is 9.60. The summed E-state index contributed by atoms with van der Waals surface area (Å²) in [5.41, 5.74) is 1.08. The Balaban J connectivity index is 1.97. The minimum atomic E-state index is 0.924. The Morgan fingerprint density at radius 3 is 2.93 bits per heavy atom. The van der Waals surface area contributed by atoms with E-state index in [4.69, 9.17) is 0 Å². The van der Waals surface area contributed by atoms with Gasteiger partial charge in [-0.1, -0.05) is 30.4 Å². The van der Waals surface area contributed by atoms with Gasteiger partial charge in [-0.2, -0.15) is 0 Å². The summed E-state index contributed by atoms with van der Waals surface area (Å²) in [4.78, 5) is 4.49. The molecule has 15 heavy (non-hydrogen) atoms. The molecule has 1 heterocycles. The number of fused-ring (bicyclic) bond motifs is 1. The molecule has 0 unspecified atom stereocenters. The van der Waals surface area contributed by atoms with E-state index in [1.807, 2.05) is 18.2 Å². The van der Waals surface area contributed by atoms with Gasteiger partial charge in [-0.05, 0) is 18.7 Å². The van der Waals surface area contributed by atoms with Gasteiger partial charge < -0.3 is 10.6 Å². The minimum absolute atomic E-state index is 0.924. The summed E-state index contributed by atoms with van der Waals surface area (Å²) in [6.07, 6.45) is 0. The SMILES string of the molecule is CCNCCNc1nc2ccccc2s1. The number of hydrogen-bond acceptors (Lipinski definition) is 4. The maximum absolute atomic E-state index is 4.49. The number of hydrogen-bond donors (Lipinski definition) is 2. The lowest BCUT2D eigenvalue weighted by molar-refractivity contribution is 0.739. The molecule has 0 aliphatic rings. The highest BCUT2D eigenvalue weighted by atomic mass is 32.1. The Bertz CT molecular complexity index is 391. The van der Waals surface area contributed by atoms with E-state index in [9.17, 15) is 0 Å². The van der Waals surface area contributed by atoms with E-state index in [2.05, 4.69) is 28.6 Å². The van der Waals surface area contributed by atoms with Crippen LogP contribution in [0.2, 0.25) is 0 Å². The number of likely N-dealkylation sites (N-methyl/N-ethyl adjacent to an activating group) is 1. The van der Waals surface area contributed by atoms with Crippen molar-refractivity contribution in [2.75, 3.05) is 25.0 Å². The van der Waals surface area contributed by atoms with Crippen LogP contribution in [0, 0.1) is 0 Å². The smallest absolute Gasteiger partial charge is 0.183 e. The first-order valence-electron chi connectivity index (χ1n) is 5.20. The van der Waals surface area contributed by atoms with Crippen molar-refractivity contribution >= 4 is 26.7 Å². The summed E-state index contributed by atoms with van der Waals surface area (Å²) in [7, 11) is 0. The molecule has 2 aromatic rings. The molecule has 4 heteroatoms. The van der Waals surface area contributed by atoms with Gasteiger partial charge in [0.25, 0.3) is 0 Å². The largest absolute Gasteiger partial charge is 0.360 e. The van der Waals surface area contributed by atoms with Crippen LogP contribution in [0.15, 0.2) is 24.3 Å². The van der Waals surface area contributed by atoms with Crippen LogP contribution in [0.5, 0.6) is 0 Å². The molecule has 2 rings (SSSR count). The first-order valence-corrected chi connectivity index (χ1v) is 6.02. The first-order chi connectivity index (χ1) is 7.40. The molecule has 0 aliphatic heterocycles. The molecule has 0 saturated carbocycles. The Morgan fingerprint density at radius 1 is 1.27 bits per heavy atom. The monoisotopic (exact) mass is 221 g/mol. The Hall–Kier alpha value is -1.13. The maximum Gasteiger partial charge on any atom is 0.183 e. The summed E-state index contributed by atoms with van der Waals surface area (Å²) in [6, 6.07) is 8.21. The molecule has 0 spiro atoms. The number of thiazole rings is 1. The third kappa shape index (κ3) is 2.67. The van der Waals surface area contributed by atoms with Crippen LogP contribution in [-0.2, 0) is 0 Å². The maximum atomic E-state index is 4.49. The van der Waals surface area contributed by atoms with Crippen LogP contribution in [0.1, 0.15) is 6.92 Å². The number of para-hydroxylation sites is 1. The fourth-order valence-electron chi connectivity index (χ4n) is 1.38. The third-order valence-corrected chi connectivity index (χ3v) is 3.12. The van der Waals surface area contributed by atoms with Gasteiger partial charge in [0.15, 0.2) is 5.13 Å². The molecule has 2 N–H and O–H groups in total. The van der Waals surface area contributed by atoms with Crippen LogP contribution in [0.4, 0.5) is 5.13 Å². The molecule has 0 amide bonds. The summed E-state index contributed by atoms with van der Waals surface area (Å²) in [5.74, 6) is 0. The summed E-state index contributed by atoms with van der Waals surface area (Å²) >= 11 is 1.71. The van der Waals surface area contributed by atoms with Crippen molar-refractivity contribution in [1.29, 1.82) is 0 Å². The lowest BCUT2D eigenvalue weighted by atomic mass is 10.3. The average molecular weight is 221 g/mol. The summed E-state index contributed by atoms with van der Waals surface area (Å²) in [5, 5.41) is 7.59. The van der Waals surface area contributed by atoms with E-state index in [-0.39, 0.29) is 0 Å². The van der Waals surface area contributed by atoms with E-state index < -0.39 is 0 Å². The predicted octanol–water partition coefficient (Wildman–Crippen LogP) is 2.32. The van der Waals surface area contributed by atoms with Gasteiger partial charge in [0.1, 0.15) is 0 Å². The van der Waals surface area contributed by atoms with Crippen LogP contribution in [0.3, 0.4) is 0 Å². The van der Waals surface area contributed by atoms with Crippen LogP contribution in [-0.4, -0.2) is 24.6 Å². The van der Waals surface area contributed by atoms with Crippen molar-refractivity contribution in [1.82, 2.24) is 10.3 Å². The Morgan fingerprint density at radius 2 is 2.13 bits per heavy atom. The standard InChI is InChI=1S/C11H15N3S/c1-2-12-7-8-13-11-14-9-5-3-4-6-10(9)15-11/h3-6,12H,2,7-8H2,1H3,(H,13,14). The molecular formula is C11H15N3S. The van der Waals surface area contributed by atoms with Crippen molar-refractivity contribution in [2.45, 2.75) is 6.92 Å². The summed E-state index contributed by atoms with van der Waals surface area (Å²) < 4.78 is 1.24. The number of anilines is 1. The molecule has 1 aromatic heterocycles. The molecule has 0 fully saturated rings. The molecule has 0 aliphatic carbocycles. The third-order valence-electron chi connectivity index (χ3n) is 2.12. The van der Waals surface area contributed by atoms with Crippen molar-refractivity contribution in [3.05, 3.63) is 24.3 Å². The summed E-state index contributed by atoms with van der Waals surface area (Å²) in [6.45, 7) is 5.03. The second-order valence-electron chi connectivity index (χ2n) is 3.27. The zero-order valence-electron chi connectivity index (χ0n) is 8.79. The fourth-order valence-corrected chi connectivity index (χ4v) is 2.27. The van der Waals surface area contributed by atoms with E-state index in [0.29, 0.717) is 0 Å². The number of rotatable bonds is 5. The van der Waals surface area contributed by atoms with Gasteiger partial charge in [-0.3, -0.25) is 0 Å². The quantitative estimate of drug-likeness (QED) is 0.761. The van der Waals surface area contributed by atoms with Gasteiger partial charge >= 0.3 is 0 Å². The van der Waals surface area contributed by atoms with Gasteiger partial charge in [0, 0.05) is 13.1 Å². The van der Waals surface area contributed by atoms with E-state index in [1.54, 1.807) is 11.3 Å². The Labute approximate surface area is 93.5 Å². The molecule has 1 aromatic carbocycles. The molecule has 0 radical (unpaired) electrons. The van der Waals surface area contributed by atoms with Crippen LogP contribution >= 0.6 is 11.3 Å². The molecule has 3 nitrogen and oxygen atoms in total. The van der Waals surface area contributed by atoms with Gasteiger partial charge in [0.05, 0.1) is 10.2 Å². The van der Waals surface area contributed by atoms with Crippen molar-refractivity contribution < 1.29 is 0 Å². The van der Waals surface area contributed by atoms with Crippen LogP contribution in [0.25, 0.3) is 10.2 Å². The number of nitrogens with zero attached hydrogens (tertiary/aromatic N) is 1. The predicted molar refractivity (Wildman–Crippen MR) is 66.7 cm³/mol. The fraction of sp³-hybridized carbons (Fsp3) is 0.364. The second kappa shape index (κ2) is 5.09. The molecule has 0 bridgehead atoms. The topological polar surface area (TPSA) is 37.0 Å². The highest BCUT2D eigenvalue weighted by Gasteiger charge is 2.00. The van der Waals surface area contributed by atoms with Crippen molar-refractivity contribution in [3.63, 3.8) is 0 Å². The van der Waals surface area contributed by atoms with Crippen LogP contribution < -0.4 is 10.6 Å². The first kappa shape index (κ1) is 10.4. The number of aromatic nitrogens is 1. The van der Waals surface area contributed by atoms with E-state index in [1.165, 1.54) is 4.70 Å². The molecular weight excluding hydrogens is 206 g/mol. The number of benzene rings is 1. The zero-order chi connectivity index (χ0) is 10.5. The normalized spacial score (nSPS) is 10.7. The Kier molecular flexibility index (Phi) is 3.53. The van der Waals surface area contributed by atoms with Crippen molar-refractivity contribution in [3.8, 4) is 0 Å².